The summed E-state index contributed by atoms with van der Waals surface area (Å²) in [6.45, 7) is 0. The second-order valence-electron chi connectivity index (χ2n) is 5.33. The molecule has 132 valence electrons. The predicted molar refractivity (Wildman–Crippen MR) is 82.0 cm³/mol. The van der Waals surface area contributed by atoms with Crippen LogP contribution < -0.4 is 11.1 Å². The molecule has 0 aliphatic rings. The molecule has 25 heavy (non-hydrogen) atoms. The minimum absolute atomic E-state index is 0.0690. The first-order chi connectivity index (χ1) is 11.7. The van der Waals surface area contributed by atoms with Crippen LogP contribution in [0.3, 0.4) is 0 Å². The fourth-order valence-corrected chi connectivity index (χ4v) is 2.13. The predicted octanol–water partition coefficient (Wildman–Crippen LogP) is 2.67. The Labute approximate surface area is 140 Å². The van der Waals surface area contributed by atoms with Crippen molar-refractivity contribution in [2.45, 2.75) is 18.6 Å². The molecule has 1 atom stereocenters. The Morgan fingerprint density at radius 3 is 2.04 bits per heavy atom. The molecule has 0 radical (unpaired) electrons. The van der Waals surface area contributed by atoms with Gasteiger partial charge in [-0.2, -0.15) is 13.2 Å². The van der Waals surface area contributed by atoms with Crippen molar-refractivity contribution >= 4 is 11.8 Å². The minimum atomic E-state index is -4.46. The lowest BCUT2D eigenvalue weighted by Gasteiger charge is -2.16. The third-order valence-electron chi connectivity index (χ3n) is 3.48. The van der Waals surface area contributed by atoms with Crippen LogP contribution in [0.2, 0.25) is 0 Å². The number of rotatable bonds is 5. The van der Waals surface area contributed by atoms with Crippen LogP contribution in [0.15, 0.2) is 48.5 Å². The van der Waals surface area contributed by atoms with Crippen LogP contribution >= 0.6 is 0 Å². The summed E-state index contributed by atoms with van der Waals surface area (Å²) in [4.78, 5) is 23.6. The van der Waals surface area contributed by atoms with Gasteiger partial charge in [-0.25, -0.2) is 4.39 Å². The SMILES string of the molecule is NC(=O)[C@H](Cc1ccc(C(F)(F)F)cc1)NC(=O)c1ccc(F)cc1. The van der Waals surface area contributed by atoms with E-state index in [1.807, 2.05) is 0 Å². The van der Waals surface area contributed by atoms with Gasteiger partial charge in [-0.1, -0.05) is 12.1 Å². The fraction of sp³-hybridized carbons (Fsp3) is 0.176. The Bertz CT molecular complexity index is 756. The molecule has 8 heteroatoms. The van der Waals surface area contributed by atoms with Crippen molar-refractivity contribution < 1.29 is 27.2 Å². The Kier molecular flexibility index (Phi) is 5.41. The van der Waals surface area contributed by atoms with Crippen molar-refractivity contribution in [2.75, 3.05) is 0 Å². The maximum atomic E-state index is 12.9. The quantitative estimate of drug-likeness (QED) is 0.811. The molecule has 0 unspecified atom stereocenters. The van der Waals surface area contributed by atoms with Gasteiger partial charge in [-0.15, -0.1) is 0 Å². The first-order valence-electron chi connectivity index (χ1n) is 7.18. The zero-order chi connectivity index (χ0) is 18.6. The van der Waals surface area contributed by atoms with E-state index in [4.69, 9.17) is 5.73 Å². The summed E-state index contributed by atoms with van der Waals surface area (Å²) >= 11 is 0. The summed E-state index contributed by atoms with van der Waals surface area (Å²) in [7, 11) is 0. The van der Waals surface area contributed by atoms with Crippen molar-refractivity contribution in [1.29, 1.82) is 0 Å². The van der Waals surface area contributed by atoms with Crippen LogP contribution in [-0.2, 0) is 17.4 Å². The lowest BCUT2D eigenvalue weighted by atomic mass is 10.0. The van der Waals surface area contributed by atoms with E-state index in [-0.39, 0.29) is 12.0 Å². The van der Waals surface area contributed by atoms with Gasteiger partial charge >= 0.3 is 6.18 Å². The van der Waals surface area contributed by atoms with Gasteiger partial charge in [0.2, 0.25) is 5.91 Å². The van der Waals surface area contributed by atoms with E-state index in [9.17, 15) is 27.2 Å². The molecule has 0 fully saturated rings. The number of benzene rings is 2. The molecule has 0 saturated carbocycles. The lowest BCUT2D eigenvalue weighted by molar-refractivity contribution is -0.137. The second kappa shape index (κ2) is 7.33. The molecule has 0 saturated heterocycles. The van der Waals surface area contributed by atoms with E-state index in [0.29, 0.717) is 5.56 Å². The molecule has 4 nitrogen and oxygen atoms in total. The number of halogens is 4. The molecular formula is C17H14F4N2O2. The highest BCUT2D eigenvalue weighted by Crippen LogP contribution is 2.29. The number of primary amides is 1. The van der Waals surface area contributed by atoms with E-state index in [1.54, 1.807) is 0 Å². The van der Waals surface area contributed by atoms with Crippen LogP contribution in [0.4, 0.5) is 17.6 Å². The Morgan fingerprint density at radius 1 is 1.00 bits per heavy atom. The highest BCUT2D eigenvalue weighted by molar-refractivity contribution is 5.97. The molecule has 2 amide bonds. The summed E-state index contributed by atoms with van der Waals surface area (Å²) in [6, 6.07) is 7.72. The summed E-state index contributed by atoms with van der Waals surface area (Å²) in [6.07, 6.45) is -4.53. The monoisotopic (exact) mass is 354 g/mol. The maximum absolute atomic E-state index is 12.9. The number of amides is 2. The van der Waals surface area contributed by atoms with Gasteiger partial charge in [0, 0.05) is 12.0 Å². The summed E-state index contributed by atoms with van der Waals surface area (Å²) in [5.74, 6) is -2.00. The van der Waals surface area contributed by atoms with Crippen LogP contribution in [0.25, 0.3) is 0 Å². The summed E-state index contributed by atoms with van der Waals surface area (Å²) in [5, 5.41) is 2.39. The minimum Gasteiger partial charge on any atom is -0.368 e. The van der Waals surface area contributed by atoms with Crippen LogP contribution in [0.1, 0.15) is 21.5 Å². The van der Waals surface area contributed by atoms with Crippen LogP contribution in [0, 0.1) is 5.82 Å². The number of hydrogen-bond acceptors (Lipinski definition) is 2. The molecule has 3 N–H and O–H groups in total. The number of carbonyl (C=O) groups is 2. The van der Waals surface area contributed by atoms with E-state index in [0.717, 1.165) is 24.3 Å². The second-order valence-corrected chi connectivity index (χ2v) is 5.33. The highest BCUT2D eigenvalue weighted by atomic mass is 19.4. The number of nitrogens with two attached hydrogens (primary N) is 1. The van der Waals surface area contributed by atoms with E-state index >= 15 is 0 Å². The normalized spacial score (nSPS) is 12.5. The van der Waals surface area contributed by atoms with Gasteiger partial charge in [-0.3, -0.25) is 9.59 Å². The standard InChI is InChI=1S/C17H14F4N2O2/c18-13-7-3-11(4-8-13)16(25)23-14(15(22)24)9-10-1-5-12(6-2-10)17(19,20)21/h1-8,14H,9H2,(H2,22,24)(H,23,25)/t14-/m0/s1. The van der Waals surface area contributed by atoms with Gasteiger partial charge < -0.3 is 11.1 Å². The zero-order valence-corrected chi connectivity index (χ0v) is 12.8. The Morgan fingerprint density at radius 2 is 1.56 bits per heavy atom. The van der Waals surface area contributed by atoms with Gasteiger partial charge in [0.05, 0.1) is 5.56 Å². The maximum Gasteiger partial charge on any atom is 0.416 e. The average molecular weight is 354 g/mol. The molecule has 0 spiro atoms. The summed E-state index contributed by atoms with van der Waals surface area (Å²) in [5.41, 5.74) is 4.95. The van der Waals surface area contributed by atoms with E-state index in [2.05, 4.69) is 5.32 Å². The van der Waals surface area contributed by atoms with Crippen LogP contribution in [-0.4, -0.2) is 17.9 Å². The third kappa shape index (κ3) is 5.03. The molecule has 0 bridgehead atoms. The first kappa shape index (κ1) is 18.4. The van der Waals surface area contributed by atoms with Crippen molar-refractivity contribution in [2.24, 2.45) is 5.73 Å². The summed E-state index contributed by atoms with van der Waals surface area (Å²) < 4.78 is 50.5. The third-order valence-corrected chi connectivity index (χ3v) is 3.48. The number of nitrogens with one attached hydrogen (secondary N) is 1. The molecule has 2 aromatic carbocycles. The number of alkyl halides is 3. The van der Waals surface area contributed by atoms with Crippen molar-refractivity contribution in [3.8, 4) is 0 Å². The fourth-order valence-electron chi connectivity index (χ4n) is 2.13. The molecular weight excluding hydrogens is 340 g/mol. The van der Waals surface area contributed by atoms with Crippen molar-refractivity contribution in [1.82, 2.24) is 5.32 Å². The van der Waals surface area contributed by atoms with Gasteiger partial charge in [0.15, 0.2) is 0 Å². The Balaban J connectivity index is 2.09. The molecule has 0 heterocycles. The molecule has 0 aliphatic carbocycles. The van der Waals surface area contributed by atoms with Crippen LogP contribution in [0.5, 0.6) is 0 Å². The highest BCUT2D eigenvalue weighted by Gasteiger charge is 2.30. The van der Waals surface area contributed by atoms with E-state index < -0.39 is 35.4 Å². The largest absolute Gasteiger partial charge is 0.416 e. The van der Waals surface area contributed by atoms with Crippen molar-refractivity contribution in [3.63, 3.8) is 0 Å². The van der Waals surface area contributed by atoms with Crippen molar-refractivity contribution in [3.05, 3.63) is 71.0 Å². The van der Waals surface area contributed by atoms with Gasteiger partial charge in [-0.05, 0) is 42.0 Å². The number of hydrogen-bond donors (Lipinski definition) is 2. The Hall–Kier alpha value is -2.90. The number of carbonyl (C=O) groups excluding carboxylic acids is 2. The smallest absolute Gasteiger partial charge is 0.368 e. The lowest BCUT2D eigenvalue weighted by Crippen LogP contribution is -2.45. The topological polar surface area (TPSA) is 72.2 Å². The van der Waals surface area contributed by atoms with Gasteiger partial charge in [0.25, 0.3) is 5.91 Å². The van der Waals surface area contributed by atoms with Gasteiger partial charge in [0.1, 0.15) is 11.9 Å². The first-order valence-corrected chi connectivity index (χ1v) is 7.18. The molecule has 2 aromatic rings. The molecule has 0 aliphatic heterocycles. The zero-order valence-electron chi connectivity index (χ0n) is 12.8. The molecule has 0 aromatic heterocycles. The van der Waals surface area contributed by atoms with E-state index in [1.165, 1.54) is 24.3 Å². The average Bonchev–Trinajstić information content (AvgIpc) is 2.54. The molecule has 2 rings (SSSR count).